The lowest BCUT2D eigenvalue weighted by atomic mass is 10.2. The van der Waals surface area contributed by atoms with E-state index >= 15 is 0 Å². The molecule has 2 heterocycles. The number of nitrogens with zero attached hydrogens (tertiary/aromatic N) is 5. The fraction of sp³-hybridized carbons (Fsp3) is 0.550. The first-order valence-corrected chi connectivity index (χ1v) is 10.1. The van der Waals surface area contributed by atoms with E-state index in [1.54, 1.807) is 0 Å². The molecule has 1 aromatic heterocycles. The summed E-state index contributed by atoms with van der Waals surface area (Å²) in [5.41, 5.74) is 0.433. The zero-order chi connectivity index (χ0) is 20.8. The summed E-state index contributed by atoms with van der Waals surface area (Å²) in [6.45, 7) is 6.61. The van der Waals surface area contributed by atoms with Crippen LogP contribution in [0.5, 0.6) is 0 Å². The first-order valence-electron chi connectivity index (χ1n) is 10.1. The highest BCUT2D eigenvalue weighted by atomic mass is 19.1. The van der Waals surface area contributed by atoms with E-state index in [1.165, 1.54) is 12.1 Å². The Hall–Kier alpha value is -2.71. The van der Waals surface area contributed by atoms with Gasteiger partial charge in [-0.2, -0.15) is 0 Å². The van der Waals surface area contributed by atoms with Gasteiger partial charge in [-0.15, -0.1) is 10.2 Å². The van der Waals surface area contributed by atoms with Crippen LogP contribution in [0, 0.1) is 18.6 Å². The van der Waals surface area contributed by atoms with E-state index in [-0.39, 0.29) is 6.04 Å². The largest absolute Gasteiger partial charge is 0.367 e. The lowest BCUT2D eigenvalue weighted by Crippen LogP contribution is -2.45. The highest BCUT2D eigenvalue weighted by Gasteiger charge is 2.25. The molecule has 0 spiro atoms. The average Bonchev–Trinajstić information content (AvgIpc) is 3.27. The normalized spacial score (nSPS) is 17.1. The van der Waals surface area contributed by atoms with E-state index in [2.05, 4.69) is 32.7 Å². The van der Waals surface area contributed by atoms with Crippen molar-refractivity contribution in [1.82, 2.24) is 25.4 Å². The van der Waals surface area contributed by atoms with Crippen molar-refractivity contribution in [1.29, 1.82) is 0 Å². The van der Waals surface area contributed by atoms with Crippen LogP contribution in [0.4, 0.5) is 14.5 Å². The van der Waals surface area contributed by atoms with Crippen molar-refractivity contribution in [3.63, 3.8) is 0 Å². The Morgan fingerprint density at radius 1 is 1.31 bits per heavy atom. The fourth-order valence-corrected chi connectivity index (χ4v) is 3.30. The zero-order valence-electron chi connectivity index (χ0n) is 17.3. The molecule has 0 bridgehead atoms. The molecule has 0 amide bonds. The van der Waals surface area contributed by atoms with Crippen LogP contribution in [0.15, 0.2) is 23.2 Å². The number of benzene rings is 1. The lowest BCUT2D eigenvalue weighted by molar-refractivity contribution is 0.580. The predicted molar refractivity (Wildman–Crippen MR) is 110 cm³/mol. The van der Waals surface area contributed by atoms with Gasteiger partial charge in [-0.05, 0) is 31.9 Å². The van der Waals surface area contributed by atoms with E-state index in [4.69, 9.17) is 0 Å². The van der Waals surface area contributed by atoms with Gasteiger partial charge in [-0.3, -0.25) is 0 Å². The first kappa shape index (κ1) is 21.0. The fourth-order valence-electron chi connectivity index (χ4n) is 3.30. The van der Waals surface area contributed by atoms with Crippen LogP contribution in [-0.4, -0.2) is 46.4 Å². The van der Waals surface area contributed by atoms with Crippen molar-refractivity contribution in [2.24, 2.45) is 12.0 Å². The van der Waals surface area contributed by atoms with Gasteiger partial charge in [0, 0.05) is 38.8 Å². The molecule has 1 atom stereocenters. The Morgan fingerprint density at radius 3 is 2.83 bits per heavy atom. The minimum absolute atomic E-state index is 0.119. The number of hydrogen-bond acceptors (Lipinski definition) is 4. The summed E-state index contributed by atoms with van der Waals surface area (Å²) in [6, 6.07) is 3.84. The summed E-state index contributed by atoms with van der Waals surface area (Å²) in [4.78, 5) is 6.59. The number of aromatic nitrogens is 3. The third-order valence-electron chi connectivity index (χ3n) is 5.16. The Labute approximate surface area is 170 Å². The van der Waals surface area contributed by atoms with Gasteiger partial charge in [0.2, 0.25) is 0 Å². The number of aliphatic imine (C=N–C) groups is 1. The first-order chi connectivity index (χ1) is 14.0. The molecule has 1 fully saturated rings. The molecule has 0 radical (unpaired) electrons. The zero-order valence-corrected chi connectivity index (χ0v) is 17.3. The molecule has 0 aliphatic carbocycles. The Balaban J connectivity index is 1.64. The molecule has 2 N–H and O–H groups in total. The monoisotopic (exact) mass is 405 g/mol. The number of guanidine groups is 1. The molecule has 1 aliphatic rings. The predicted octanol–water partition coefficient (Wildman–Crippen LogP) is 2.52. The number of unbranched alkanes of at least 4 members (excludes halogenated alkanes) is 1. The minimum atomic E-state index is -0.561. The van der Waals surface area contributed by atoms with Gasteiger partial charge >= 0.3 is 0 Å². The van der Waals surface area contributed by atoms with Crippen molar-refractivity contribution in [2.75, 3.05) is 24.5 Å². The molecule has 1 saturated heterocycles. The van der Waals surface area contributed by atoms with E-state index in [0.717, 1.165) is 43.5 Å². The number of anilines is 1. The Kier molecular flexibility index (Phi) is 7.00. The smallest absolute Gasteiger partial charge is 0.191 e. The maximum atomic E-state index is 14.1. The number of rotatable bonds is 7. The minimum Gasteiger partial charge on any atom is -0.367 e. The second-order valence-corrected chi connectivity index (χ2v) is 7.34. The Morgan fingerprint density at radius 2 is 2.14 bits per heavy atom. The van der Waals surface area contributed by atoms with Crippen LogP contribution in [0.2, 0.25) is 0 Å². The maximum absolute atomic E-state index is 14.1. The summed E-state index contributed by atoms with van der Waals surface area (Å²) < 4.78 is 29.2. The standard InChI is InChI=1S/C20H29F2N7/c1-4-5-9-23-20(24-12-19-27-26-14(2)28(19)3)25-16-8-10-29(13-16)18-7-6-15(21)11-17(18)22/h6-7,11,16H,4-5,8-10,12-13H2,1-3H3,(H2,23,24,25). The second-order valence-electron chi connectivity index (χ2n) is 7.34. The van der Waals surface area contributed by atoms with E-state index in [9.17, 15) is 8.78 Å². The van der Waals surface area contributed by atoms with E-state index in [0.29, 0.717) is 31.3 Å². The SMILES string of the molecule is CCCCNC(=NCc1nnc(C)n1C)NC1CCN(c2ccc(F)cc2F)C1. The van der Waals surface area contributed by atoms with Crippen molar-refractivity contribution in [3.8, 4) is 0 Å². The molecular formula is C20H29F2N7. The molecule has 1 aliphatic heterocycles. The van der Waals surface area contributed by atoms with Gasteiger partial charge in [-0.1, -0.05) is 13.3 Å². The van der Waals surface area contributed by atoms with Gasteiger partial charge in [0.15, 0.2) is 11.8 Å². The summed E-state index contributed by atoms with van der Waals surface area (Å²) >= 11 is 0. The summed E-state index contributed by atoms with van der Waals surface area (Å²) in [6.07, 6.45) is 2.97. The van der Waals surface area contributed by atoms with Gasteiger partial charge in [0.25, 0.3) is 0 Å². The Bertz CT molecular complexity index is 849. The van der Waals surface area contributed by atoms with E-state index < -0.39 is 11.6 Å². The van der Waals surface area contributed by atoms with Crippen LogP contribution in [0.1, 0.15) is 37.8 Å². The average molecular weight is 405 g/mol. The van der Waals surface area contributed by atoms with Gasteiger partial charge in [-0.25, -0.2) is 13.8 Å². The molecule has 2 aromatic rings. The van der Waals surface area contributed by atoms with Crippen molar-refractivity contribution >= 4 is 11.6 Å². The molecule has 158 valence electrons. The van der Waals surface area contributed by atoms with Gasteiger partial charge in [0.1, 0.15) is 24.0 Å². The van der Waals surface area contributed by atoms with Crippen molar-refractivity contribution in [3.05, 3.63) is 41.5 Å². The third-order valence-corrected chi connectivity index (χ3v) is 5.16. The number of aryl methyl sites for hydroxylation is 1. The summed E-state index contributed by atoms with van der Waals surface area (Å²) in [5, 5.41) is 15.0. The molecule has 7 nitrogen and oxygen atoms in total. The summed E-state index contributed by atoms with van der Waals surface area (Å²) in [5.74, 6) is 1.26. The highest BCUT2D eigenvalue weighted by Crippen LogP contribution is 2.24. The lowest BCUT2D eigenvalue weighted by Gasteiger charge is -2.21. The molecule has 29 heavy (non-hydrogen) atoms. The molecule has 0 saturated carbocycles. The van der Waals surface area contributed by atoms with Crippen LogP contribution in [0.25, 0.3) is 0 Å². The molecule has 9 heteroatoms. The number of halogens is 2. The van der Waals surface area contributed by atoms with Gasteiger partial charge in [0.05, 0.1) is 5.69 Å². The maximum Gasteiger partial charge on any atom is 0.191 e. The molecular weight excluding hydrogens is 376 g/mol. The summed E-state index contributed by atoms with van der Waals surface area (Å²) in [7, 11) is 1.92. The molecule has 3 rings (SSSR count). The van der Waals surface area contributed by atoms with Crippen LogP contribution in [0.3, 0.4) is 0 Å². The van der Waals surface area contributed by atoms with Crippen molar-refractivity contribution < 1.29 is 8.78 Å². The van der Waals surface area contributed by atoms with Crippen LogP contribution < -0.4 is 15.5 Å². The molecule has 1 unspecified atom stereocenters. The second kappa shape index (κ2) is 9.67. The van der Waals surface area contributed by atoms with Gasteiger partial charge < -0.3 is 20.1 Å². The van der Waals surface area contributed by atoms with Crippen molar-refractivity contribution in [2.45, 2.75) is 45.7 Å². The highest BCUT2D eigenvalue weighted by molar-refractivity contribution is 5.80. The third kappa shape index (κ3) is 5.42. The molecule has 1 aromatic carbocycles. The quantitative estimate of drug-likeness (QED) is 0.421. The topological polar surface area (TPSA) is 70.4 Å². The van der Waals surface area contributed by atoms with E-state index in [1.807, 2.05) is 23.4 Å². The number of hydrogen-bond donors (Lipinski definition) is 2. The van der Waals surface area contributed by atoms with Crippen LogP contribution >= 0.6 is 0 Å². The number of nitrogens with one attached hydrogen (secondary N) is 2. The van der Waals surface area contributed by atoms with Crippen LogP contribution in [-0.2, 0) is 13.6 Å².